The van der Waals surface area contributed by atoms with Crippen LogP contribution >= 0.6 is 0 Å². The highest BCUT2D eigenvalue weighted by atomic mass is 32.2. The molecule has 0 aliphatic rings. The van der Waals surface area contributed by atoms with Crippen LogP contribution < -0.4 is 5.32 Å². The van der Waals surface area contributed by atoms with Crippen molar-refractivity contribution in [2.45, 2.75) is 6.54 Å². The maximum atomic E-state index is 13.2. The molecule has 0 spiro atoms. The van der Waals surface area contributed by atoms with Crippen molar-refractivity contribution < 1.29 is 17.2 Å². The molecule has 18 heavy (non-hydrogen) atoms. The molecular weight excluding hydrogens is 262 g/mol. The van der Waals surface area contributed by atoms with Gasteiger partial charge >= 0.3 is 0 Å². The van der Waals surface area contributed by atoms with Crippen molar-refractivity contribution in [1.29, 1.82) is 0 Å². The molecule has 1 aromatic rings. The minimum absolute atomic E-state index is 0.0402. The van der Waals surface area contributed by atoms with E-state index in [-0.39, 0.29) is 24.4 Å². The van der Waals surface area contributed by atoms with Crippen molar-refractivity contribution in [2.75, 3.05) is 26.4 Å². The molecule has 1 N–H and O–H groups in total. The van der Waals surface area contributed by atoms with Gasteiger partial charge in [-0.1, -0.05) is 6.07 Å². The largest absolute Gasteiger partial charge is 0.311 e. The average Bonchev–Trinajstić information content (AvgIpc) is 2.27. The zero-order valence-electron chi connectivity index (χ0n) is 10.3. The van der Waals surface area contributed by atoms with Crippen LogP contribution in [0.15, 0.2) is 18.2 Å². The van der Waals surface area contributed by atoms with Crippen LogP contribution in [0.5, 0.6) is 0 Å². The molecule has 0 radical (unpaired) electrons. The molecule has 102 valence electrons. The van der Waals surface area contributed by atoms with Crippen LogP contribution in [0.4, 0.5) is 8.78 Å². The SMILES string of the molecule is CN(C)S(=O)(=O)CCNCc1c(F)cccc1F. The second-order valence-electron chi connectivity index (χ2n) is 3.98. The summed E-state index contributed by atoms with van der Waals surface area (Å²) in [7, 11) is -0.417. The molecule has 0 saturated carbocycles. The first-order valence-corrected chi connectivity index (χ1v) is 6.99. The van der Waals surface area contributed by atoms with Crippen LogP contribution in [-0.4, -0.2) is 39.1 Å². The Morgan fingerprint density at radius 3 is 2.28 bits per heavy atom. The van der Waals surface area contributed by atoms with Crippen molar-refractivity contribution in [2.24, 2.45) is 0 Å². The maximum Gasteiger partial charge on any atom is 0.214 e. The summed E-state index contributed by atoms with van der Waals surface area (Å²) in [6, 6.07) is 3.61. The van der Waals surface area contributed by atoms with E-state index >= 15 is 0 Å². The standard InChI is InChI=1S/C11H16F2N2O2S/c1-15(2)18(16,17)7-6-14-8-9-10(12)4-3-5-11(9)13/h3-5,14H,6-8H2,1-2H3. The van der Waals surface area contributed by atoms with E-state index in [0.717, 1.165) is 16.4 Å². The van der Waals surface area contributed by atoms with E-state index in [1.165, 1.54) is 20.2 Å². The topological polar surface area (TPSA) is 49.4 Å². The third-order valence-electron chi connectivity index (χ3n) is 2.46. The third kappa shape index (κ3) is 4.01. The molecule has 0 bridgehead atoms. The number of benzene rings is 1. The fourth-order valence-corrected chi connectivity index (χ4v) is 2.07. The van der Waals surface area contributed by atoms with Gasteiger partial charge in [0, 0.05) is 32.7 Å². The van der Waals surface area contributed by atoms with E-state index in [9.17, 15) is 17.2 Å². The molecule has 0 unspecified atom stereocenters. The summed E-state index contributed by atoms with van der Waals surface area (Å²) in [6.45, 7) is 0.0930. The molecule has 0 heterocycles. The average molecular weight is 278 g/mol. The van der Waals surface area contributed by atoms with Gasteiger partial charge in [-0.05, 0) is 12.1 Å². The normalized spacial score (nSPS) is 12.1. The number of rotatable bonds is 6. The molecule has 7 heteroatoms. The summed E-state index contributed by atoms with van der Waals surface area (Å²) in [5.41, 5.74) is -0.0836. The lowest BCUT2D eigenvalue weighted by Gasteiger charge is -2.12. The van der Waals surface area contributed by atoms with Gasteiger partial charge in [0.2, 0.25) is 10.0 Å². The van der Waals surface area contributed by atoms with E-state index in [1.807, 2.05) is 0 Å². The van der Waals surface area contributed by atoms with Gasteiger partial charge in [-0.15, -0.1) is 0 Å². The van der Waals surface area contributed by atoms with Crippen molar-refractivity contribution in [3.05, 3.63) is 35.4 Å². The number of nitrogens with one attached hydrogen (secondary N) is 1. The molecule has 1 aromatic carbocycles. The minimum atomic E-state index is -3.29. The highest BCUT2D eigenvalue weighted by Gasteiger charge is 2.13. The Morgan fingerprint density at radius 2 is 1.78 bits per heavy atom. The lowest BCUT2D eigenvalue weighted by Crippen LogP contribution is -2.31. The number of sulfonamides is 1. The van der Waals surface area contributed by atoms with E-state index < -0.39 is 21.7 Å². The zero-order chi connectivity index (χ0) is 13.8. The summed E-state index contributed by atoms with van der Waals surface area (Å²) in [6.07, 6.45) is 0. The Kier molecular flexibility index (Phi) is 5.18. The summed E-state index contributed by atoms with van der Waals surface area (Å²) in [4.78, 5) is 0. The van der Waals surface area contributed by atoms with Gasteiger partial charge in [0.1, 0.15) is 11.6 Å². The van der Waals surface area contributed by atoms with E-state index in [2.05, 4.69) is 5.32 Å². The quantitative estimate of drug-likeness (QED) is 0.788. The molecule has 1 rings (SSSR count). The van der Waals surface area contributed by atoms with Crippen LogP contribution in [0.25, 0.3) is 0 Å². The maximum absolute atomic E-state index is 13.2. The summed E-state index contributed by atoms with van der Waals surface area (Å²) in [5.74, 6) is -1.40. The van der Waals surface area contributed by atoms with E-state index in [0.29, 0.717) is 0 Å². The van der Waals surface area contributed by atoms with Crippen molar-refractivity contribution >= 4 is 10.0 Å². The van der Waals surface area contributed by atoms with E-state index in [4.69, 9.17) is 0 Å². The van der Waals surface area contributed by atoms with Crippen LogP contribution in [0, 0.1) is 11.6 Å². The summed E-state index contributed by atoms with van der Waals surface area (Å²) in [5, 5.41) is 2.71. The van der Waals surface area contributed by atoms with Gasteiger partial charge < -0.3 is 5.32 Å². The smallest absolute Gasteiger partial charge is 0.214 e. The summed E-state index contributed by atoms with van der Waals surface area (Å²) >= 11 is 0. The molecule has 0 amide bonds. The predicted octanol–water partition coefficient (Wildman–Crippen LogP) is 0.946. The third-order valence-corrected chi connectivity index (χ3v) is 4.29. The first-order valence-electron chi connectivity index (χ1n) is 5.38. The molecular formula is C11H16F2N2O2S. The van der Waals surface area contributed by atoms with Gasteiger partial charge in [0.25, 0.3) is 0 Å². The van der Waals surface area contributed by atoms with Gasteiger partial charge in [-0.3, -0.25) is 0 Å². The Hall–Kier alpha value is -1.05. The van der Waals surface area contributed by atoms with Gasteiger partial charge in [-0.2, -0.15) is 0 Å². The van der Waals surface area contributed by atoms with E-state index in [1.54, 1.807) is 0 Å². The predicted molar refractivity (Wildman–Crippen MR) is 65.5 cm³/mol. The number of nitrogens with zero attached hydrogens (tertiary/aromatic N) is 1. The molecule has 4 nitrogen and oxygen atoms in total. The van der Waals surface area contributed by atoms with Crippen molar-refractivity contribution in [3.63, 3.8) is 0 Å². The number of hydrogen-bond donors (Lipinski definition) is 1. The fourth-order valence-electron chi connectivity index (χ4n) is 1.30. The van der Waals surface area contributed by atoms with Crippen molar-refractivity contribution in [1.82, 2.24) is 9.62 Å². The lowest BCUT2D eigenvalue weighted by molar-refractivity contribution is 0.514. The van der Waals surface area contributed by atoms with Crippen LogP contribution in [0.3, 0.4) is 0 Å². The minimum Gasteiger partial charge on any atom is -0.311 e. The number of halogens is 2. The lowest BCUT2D eigenvalue weighted by atomic mass is 10.2. The molecule has 0 aliphatic carbocycles. The summed E-state index contributed by atoms with van der Waals surface area (Å²) < 4.78 is 50.4. The Morgan fingerprint density at radius 1 is 1.22 bits per heavy atom. The van der Waals surface area contributed by atoms with Crippen LogP contribution in [-0.2, 0) is 16.6 Å². The van der Waals surface area contributed by atoms with Gasteiger partial charge in [-0.25, -0.2) is 21.5 Å². The second kappa shape index (κ2) is 6.21. The fraction of sp³-hybridized carbons (Fsp3) is 0.455. The monoisotopic (exact) mass is 278 g/mol. The first kappa shape index (κ1) is 15.0. The Bertz CT molecular complexity index is 484. The Balaban J connectivity index is 2.49. The zero-order valence-corrected chi connectivity index (χ0v) is 11.1. The molecule has 0 fully saturated rings. The van der Waals surface area contributed by atoms with Crippen LogP contribution in [0.2, 0.25) is 0 Å². The highest BCUT2D eigenvalue weighted by Crippen LogP contribution is 2.11. The molecule has 0 aromatic heterocycles. The molecule has 0 atom stereocenters. The second-order valence-corrected chi connectivity index (χ2v) is 6.28. The highest BCUT2D eigenvalue weighted by molar-refractivity contribution is 7.89. The van der Waals surface area contributed by atoms with Crippen molar-refractivity contribution in [3.8, 4) is 0 Å². The Labute approximate surface area is 106 Å². The van der Waals surface area contributed by atoms with Gasteiger partial charge in [0.05, 0.1) is 5.75 Å². The molecule has 0 saturated heterocycles. The van der Waals surface area contributed by atoms with Gasteiger partial charge in [0.15, 0.2) is 0 Å². The molecule has 0 aliphatic heterocycles. The first-order chi connectivity index (χ1) is 8.34. The number of hydrogen-bond acceptors (Lipinski definition) is 3. The van der Waals surface area contributed by atoms with Crippen LogP contribution in [0.1, 0.15) is 5.56 Å².